The molecule has 0 radical (unpaired) electrons. The van der Waals surface area contributed by atoms with E-state index in [1.54, 1.807) is 0 Å². The first kappa shape index (κ1) is 16.5. The molecule has 2 bridgehead atoms. The molecule has 0 aromatic heterocycles. The average molecular weight is 330 g/mol. The van der Waals surface area contributed by atoms with Gasteiger partial charge in [0.05, 0.1) is 6.10 Å². The van der Waals surface area contributed by atoms with E-state index in [0.29, 0.717) is 12.5 Å². The van der Waals surface area contributed by atoms with Gasteiger partial charge in [0.25, 0.3) is 0 Å². The van der Waals surface area contributed by atoms with Gasteiger partial charge in [0, 0.05) is 17.9 Å². The van der Waals surface area contributed by atoms with Gasteiger partial charge in [-0.15, -0.1) is 12.4 Å². The SMILES string of the molecule is CNC[C@H](O)CC12CCC(c3ccccc31)c1ccccc12.Cl. The highest BCUT2D eigenvalue weighted by atomic mass is 35.5. The van der Waals surface area contributed by atoms with Crippen LogP contribution in [0.4, 0.5) is 0 Å². The number of halogens is 1. The zero-order valence-corrected chi connectivity index (χ0v) is 14.3. The van der Waals surface area contributed by atoms with Gasteiger partial charge in [-0.3, -0.25) is 0 Å². The third kappa shape index (κ3) is 2.40. The van der Waals surface area contributed by atoms with E-state index < -0.39 is 0 Å². The van der Waals surface area contributed by atoms with Crippen molar-refractivity contribution in [3.05, 3.63) is 70.8 Å². The van der Waals surface area contributed by atoms with Crippen LogP contribution in [0.25, 0.3) is 0 Å². The fourth-order valence-corrected chi connectivity index (χ4v) is 4.79. The average Bonchev–Trinajstić information content (AvgIpc) is 2.56. The van der Waals surface area contributed by atoms with Crippen molar-refractivity contribution in [3.8, 4) is 0 Å². The van der Waals surface area contributed by atoms with E-state index in [-0.39, 0.29) is 23.9 Å². The Bertz CT molecular complexity index is 652. The first-order chi connectivity index (χ1) is 10.8. The van der Waals surface area contributed by atoms with Gasteiger partial charge < -0.3 is 10.4 Å². The van der Waals surface area contributed by atoms with Crippen molar-refractivity contribution in [2.75, 3.05) is 13.6 Å². The second-order valence-electron chi connectivity index (χ2n) is 6.76. The van der Waals surface area contributed by atoms with Crippen LogP contribution < -0.4 is 5.32 Å². The van der Waals surface area contributed by atoms with Crippen molar-refractivity contribution in [2.24, 2.45) is 0 Å². The van der Waals surface area contributed by atoms with Crippen LogP contribution in [0.5, 0.6) is 0 Å². The second-order valence-corrected chi connectivity index (χ2v) is 6.76. The summed E-state index contributed by atoms with van der Waals surface area (Å²) >= 11 is 0. The predicted molar refractivity (Wildman–Crippen MR) is 96.5 cm³/mol. The van der Waals surface area contributed by atoms with E-state index in [9.17, 15) is 5.11 Å². The molecule has 0 saturated carbocycles. The molecule has 0 aliphatic heterocycles. The molecular weight excluding hydrogens is 306 g/mol. The molecule has 3 heteroatoms. The Morgan fingerprint density at radius 1 is 1.09 bits per heavy atom. The van der Waals surface area contributed by atoms with E-state index in [0.717, 1.165) is 12.8 Å². The maximum atomic E-state index is 10.5. The smallest absolute Gasteiger partial charge is 0.0676 e. The molecule has 1 atom stereocenters. The molecular formula is C20H24ClNO. The molecule has 2 nitrogen and oxygen atoms in total. The van der Waals surface area contributed by atoms with Gasteiger partial charge in [-0.05, 0) is 48.6 Å². The zero-order chi connectivity index (χ0) is 15.2. The van der Waals surface area contributed by atoms with Gasteiger partial charge in [0.15, 0.2) is 0 Å². The number of nitrogens with one attached hydrogen (secondary N) is 1. The van der Waals surface area contributed by atoms with E-state index in [2.05, 4.69) is 53.8 Å². The van der Waals surface area contributed by atoms with E-state index >= 15 is 0 Å². The minimum absolute atomic E-state index is 0. The van der Waals surface area contributed by atoms with Crippen LogP contribution in [0.15, 0.2) is 48.5 Å². The monoisotopic (exact) mass is 329 g/mol. The van der Waals surface area contributed by atoms with Crippen LogP contribution in [0, 0.1) is 0 Å². The lowest BCUT2D eigenvalue weighted by Crippen LogP contribution is -2.43. The maximum Gasteiger partial charge on any atom is 0.0676 e. The van der Waals surface area contributed by atoms with Gasteiger partial charge in [0.2, 0.25) is 0 Å². The van der Waals surface area contributed by atoms with Crippen LogP contribution in [-0.4, -0.2) is 24.8 Å². The topological polar surface area (TPSA) is 32.3 Å². The van der Waals surface area contributed by atoms with Gasteiger partial charge in [0.1, 0.15) is 0 Å². The van der Waals surface area contributed by atoms with Crippen LogP contribution in [0.2, 0.25) is 0 Å². The summed E-state index contributed by atoms with van der Waals surface area (Å²) in [6, 6.07) is 17.7. The van der Waals surface area contributed by atoms with Crippen molar-refractivity contribution in [3.63, 3.8) is 0 Å². The minimum Gasteiger partial charge on any atom is -0.392 e. The molecule has 0 saturated heterocycles. The lowest BCUT2D eigenvalue weighted by atomic mass is 9.53. The largest absolute Gasteiger partial charge is 0.392 e. The summed E-state index contributed by atoms with van der Waals surface area (Å²) in [5.41, 5.74) is 5.83. The molecule has 122 valence electrons. The second kappa shape index (κ2) is 6.27. The predicted octanol–water partition coefficient (Wildman–Crippen LogP) is 3.60. The first-order valence-electron chi connectivity index (χ1n) is 8.28. The van der Waals surface area contributed by atoms with Crippen molar-refractivity contribution < 1.29 is 5.11 Å². The van der Waals surface area contributed by atoms with E-state index in [4.69, 9.17) is 0 Å². The number of aliphatic hydroxyl groups is 1. The van der Waals surface area contributed by atoms with Crippen LogP contribution >= 0.6 is 12.4 Å². The van der Waals surface area contributed by atoms with Crippen LogP contribution in [0.1, 0.15) is 47.4 Å². The zero-order valence-electron chi connectivity index (χ0n) is 13.5. The fraction of sp³-hybridized carbons (Fsp3) is 0.400. The quantitative estimate of drug-likeness (QED) is 0.898. The molecule has 2 aromatic rings. The van der Waals surface area contributed by atoms with Crippen LogP contribution in [-0.2, 0) is 5.41 Å². The number of aliphatic hydroxyl groups excluding tert-OH is 1. The summed E-state index contributed by atoms with van der Waals surface area (Å²) in [7, 11) is 1.90. The summed E-state index contributed by atoms with van der Waals surface area (Å²) in [5.74, 6) is 0.538. The van der Waals surface area contributed by atoms with Gasteiger partial charge in [-0.1, -0.05) is 48.5 Å². The van der Waals surface area contributed by atoms with Crippen molar-refractivity contribution in [1.82, 2.24) is 5.32 Å². The Morgan fingerprint density at radius 3 is 2.22 bits per heavy atom. The maximum absolute atomic E-state index is 10.5. The highest BCUT2D eigenvalue weighted by Crippen LogP contribution is 2.57. The van der Waals surface area contributed by atoms with E-state index in [1.165, 1.54) is 28.7 Å². The van der Waals surface area contributed by atoms with Crippen molar-refractivity contribution in [2.45, 2.75) is 36.7 Å². The number of benzene rings is 2. The number of fused-ring (bicyclic) bond motifs is 1. The van der Waals surface area contributed by atoms with Gasteiger partial charge >= 0.3 is 0 Å². The van der Waals surface area contributed by atoms with Crippen LogP contribution in [0.3, 0.4) is 0 Å². The summed E-state index contributed by atoms with van der Waals surface area (Å²) in [4.78, 5) is 0. The number of hydrogen-bond donors (Lipinski definition) is 2. The molecule has 0 amide bonds. The minimum atomic E-state index is -0.319. The Balaban J connectivity index is 0.00000156. The molecule has 3 aliphatic carbocycles. The Hall–Kier alpha value is -1.35. The normalized spacial score (nSPS) is 25.2. The Labute approximate surface area is 144 Å². The molecule has 23 heavy (non-hydrogen) atoms. The molecule has 0 spiro atoms. The lowest BCUT2D eigenvalue weighted by molar-refractivity contribution is 0.130. The summed E-state index contributed by atoms with van der Waals surface area (Å²) in [6.07, 6.45) is 2.82. The number of rotatable bonds is 4. The number of likely N-dealkylation sites (N-methyl/N-ethyl adjacent to an activating group) is 1. The molecule has 0 fully saturated rings. The van der Waals surface area contributed by atoms with Gasteiger partial charge in [-0.25, -0.2) is 0 Å². The standard InChI is InChI=1S/C20H23NO.ClH/c1-21-13-14(22)12-20-11-10-15(16-6-2-4-8-18(16)20)17-7-3-5-9-19(17)20;/h2-9,14-15,21-22H,10-13H2,1H3;1H/t14-,15?,20?;/m1./s1. The molecule has 2 aromatic carbocycles. The fourth-order valence-electron chi connectivity index (χ4n) is 4.79. The summed E-state index contributed by atoms with van der Waals surface area (Å²) in [5, 5.41) is 13.6. The lowest BCUT2D eigenvalue weighted by Gasteiger charge is -2.50. The summed E-state index contributed by atoms with van der Waals surface area (Å²) in [6.45, 7) is 0.648. The van der Waals surface area contributed by atoms with Crippen molar-refractivity contribution >= 4 is 12.4 Å². The van der Waals surface area contributed by atoms with Gasteiger partial charge in [-0.2, -0.15) is 0 Å². The highest BCUT2D eigenvalue weighted by Gasteiger charge is 2.48. The highest BCUT2D eigenvalue weighted by molar-refractivity contribution is 5.85. The van der Waals surface area contributed by atoms with E-state index in [1.807, 2.05) is 7.05 Å². The molecule has 5 rings (SSSR count). The third-order valence-corrected chi connectivity index (χ3v) is 5.59. The molecule has 0 unspecified atom stereocenters. The van der Waals surface area contributed by atoms with Crippen molar-refractivity contribution in [1.29, 1.82) is 0 Å². The molecule has 0 heterocycles. The number of hydrogen-bond acceptors (Lipinski definition) is 2. The third-order valence-electron chi connectivity index (χ3n) is 5.59. The Morgan fingerprint density at radius 2 is 1.65 bits per heavy atom. The Kier molecular flexibility index (Phi) is 4.50. The molecule has 2 N–H and O–H groups in total. The molecule has 3 aliphatic rings. The first-order valence-corrected chi connectivity index (χ1v) is 8.28. The summed E-state index contributed by atoms with van der Waals surface area (Å²) < 4.78 is 0.